The van der Waals surface area contributed by atoms with Crippen LogP contribution in [-0.2, 0) is 24.4 Å². The molecule has 0 bridgehead atoms. The van der Waals surface area contributed by atoms with Gasteiger partial charge >= 0.3 is 6.09 Å². The highest BCUT2D eigenvalue weighted by atomic mass is 16.6. The minimum atomic E-state index is -0.237. The van der Waals surface area contributed by atoms with Crippen molar-refractivity contribution in [2.24, 2.45) is 0 Å². The Morgan fingerprint density at radius 3 is 2.26 bits per heavy atom. The van der Waals surface area contributed by atoms with Gasteiger partial charge in [-0.1, -0.05) is 36.4 Å². The zero-order valence-electron chi connectivity index (χ0n) is 12.9. The molecule has 0 aliphatic carbocycles. The van der Waals surface area contributed by atoms with E-state index in [-0.39, 0.29) is 12.7 Å². The number of cyclic esters (lactones) is 1. The molecule has 0 saturated carbocycles. The highest BCUT2D eigenvalue weighted by molar-refractivity contribution is 5.69. The summed E-state index contributed by atoms with van der Waals surface area (Å²) in [5.41, 5.74) is 4.19. The van der Waals surface area contributed by atoms with Crippen LogP contribution >= 0.6 is 0 Å². The van der Waals surface area contributed by atoms with Gasteiger partial charge in [0.05, 0.1) is 13.2 Å². The van der Waals surface area contributed by atoms with Crippen molar-refractivity contribution < 1.29 is 14.6 Å². The van der Waals surface area contributed by atoms with Crippen LogP contribution in [-0.4, -0.2) is 29.3 Å². The average Bonchev–Trinajstić information content (AvgIpc) is 2.99. The van der Waals surface area contributed by atoms with E-state index in [1.54, 1.807) is 4.90 Å². The van der Waals surface area contributed by atoms with E-state index in [0.717, 1.165) is 28.9 Å². The predicted molar refractivity (Wildman–Crippen MR) is 87.9 cm³/mol. The Bertz CT molecular complexity index is 653. The summed E-state index contributed by atoms with van der Waals surface area (Å²) >= 11 is 0. The molecule has 0 atom stereocenters. The van der Waals surface area contributed by atoms with Gasteiger partial charge in [-0.3, -0.25) is 0 Å². The molecule has 5 heteroatoms. The number of aliphatic hydroxyl groups excluding tert-OH is 1. The van der Waals surface area contributed by atoms with Crippen molar-refractivity contribution in [2.45, 2.75) is 19.7 Å². The molecule has 120 valence electrons. The van der Waals surface area contributed by atoms with Gasteiger partial charge in [0.15, 0.2) is 0 Å². The summed E-state index contributed by atoms with van der Waals surface area (Å²) in [5.74, 6) is 0. The number of aliphatic hydroxyl groups is 1. The second-order valence-corrected chi connectivity index (χ2v) is 5.56. The number of nitrogens with one attached hydrogen (secondary N) is 1. The fourth-order valence-corrected chi connectivity index (χ4v) is 2.48. The summed E-state index contributed by atoms with van der Waals surface area (Å²) in [6.45, 7) is 2.52. The number of hydrogen-bond acceptors (Lipinski definition) is 4. The Kier molecular flexibility index (Phi) is 4.78. The smallest absolute Gasteiger partial charge is 0.410 e. The van der Waals surface area contributed by atoms with Crippen LogP contribution in [0.2, 0.25) is 0 Å². The maximum absolute atomic E-state index is 11.4. The van der Waals surface area contributed by atoms with E-state index in [4.69, 9.17) is 9.84 Å². The largest absolute Gasteiger partial charge is 0.448 e. The van der Waals surface area contributed by atoms with Gasteiger partial charge in [-0.15, -0.1) is 0 Å². The van der Waals surface area contributed by atoms with Gasteiger partial charge in [-0.2, -0.15) is 0 Å². The van der Waals surface area contributed by atoms with Crippen LogP contribution in [0.15, 0.2) is 48.5 Å². The van der Waals surface area contributed by atoms with Gasteiger partial charge in [0.25, 0.3) is 0 Å². The number of ether oxygens (including phenoxy) is 1. The zero-order chi connectivity index (χ0) is 16.1. The lowest BCUT2D eigenvalue weighted by molar-refractivity contribution is 0.157. The molecular formula is C18H20N2O3. The standard InChI is InChI=1S/C18H20N2O3/c21-13-16-3-1-14(2-4-16)11-19-17-7-5-15(6-8-17)12-20-9-10-23-18(20)22/h1-8,19,21H,9-13H2. The SMILES string of the molecule is O=C1OCCN1Cc1ccc(NCc2ccc(CO)cc2)cc1. The maximum Gasteiger partial charge on any atom is 0.410 e. The number of carbonyl (C=O) groups excluding carboxylic acids is 1. The molecule has 5 nitrogen and oxygen atoms in total. The van der Waals surface area contributed by atoms with Gasteiger partial charge in [-0.05, 0) is 28.8 Å². The second kappa shape index (κ2) is 7.15. The van der Waals surface area contributed by atoms with Crippen LogP contribution in [0.1, 0.15) is 16.7 Å². The van der Waals surface area contributed by atoms with Crippen molar-refractivity contribution in [3.8, 4) is 0 Å². The summed E-state index contributed by atoms with van der Waals surface area (Å²) in [6.07, 6.45) is -0.237. The maximum atomic E-state index is 11.4. The lowest BCUT2D eigenvalue weighted by Crippen LogP contribution is -2.23. The van der Waals surface area contributed by atoms with E-state index in [1.807, 2.05) is 48.5 Å². The lowest BCUT2D eigenvalue weighted by Gasteiger charge is -2.13. The Balaban J connectivity index is 1.53. The lowest BCUT2D eigenvalue weighted by atomic mass is 10.1. The van der Waals surface area contributed by atoms with Gasteiger partial charge < -0.3 is 20.1 Å². The first-order valence-electron chi connectivity index (χ1n) is 7.68. The minimum absolute atomic E-state index is 0.0692. The summed E-state index contributed by atoms with van der Waals surface area (Å²) in [4.78, 5) is 13.1. The molecule has 1 saturated heterocycles. The van der Waals surface area contributed by atoms with E-state index in [2.05, 4.69) is 5.32 Å². The van der Waals surface area contributed by atoms with Crippen molar-refractivity contribution in [3.05, 3.63) is 65.2 Å². The van der Waals surface area contributed by atoms with E-state index in [9.17, 15) is 4.79 Å². The molecule has 0 aromatic heterocycles. The Morgan fingerprint density at radius 1 is 1.00 bits per heavy atom. The molecule has 0 unspecified atom stereocenters. The van der Waals surface area contributed by atoms with E-state index in [0.29, 0.717) is 19.7 Å². The van der Waals surface area contributed by atoms with Crippen LogP contribution in [0.3, 0.4) is 0 Å². The molecule has 1 aliphatic heterocycles. The van der Waals surface area contributed by atoms with Crippen LogP contribution in [0.25, 0.3) is 0 Å². The first-order valence-corrected chi connectivity index (χ1v) is 7.68. The van der Waals surface area contributed by atoms with Gasteiger partial charge in [0.2, 0.25) is 0 Å². The first kappa shape index (κ1) is 15.4. The van der Waals surface area contributed by atoms with E-state index >= 15 is 0 Å². The molecule has 1 aliphatic rings. The molecule has 0 spiro atoms. The van der Waals surface area contributed by atoms with Gasteiger partial charge in [-0.25, -0.2) is 4.79 Å². The van der Waals surface area contributed by atoms with E-state index < -0.39 is 0 Å². The number of carbonyl (C=O) groups is 1. The number of rotatable bonds is 6. The monoisotopic (exact) mass is 312 g/mol. The fourth-order valence-electron chi connectivity index (χ4n) is 2.48. The zero-order valence-corrected chi connectivity index (χ0v) is 12.9. The van der Waals surface area contributed by atoms with Gasteiger partial charge in [0, 0.05) is 18.8 Å². The van der Waals surface area contributed by atoms with Crippen molar-refractivity contribution in [3.63, 3.8) is 0 Å². The van der Waals surface area contributed by atoms with E-state index in [1.165, 1.54) is 0 Å². The molecule has 23 heavy (non-hydrogen) atoms. The van der Waals surface area contributed by atoms with Crippen molar-refractivity contribution in [2.75, 3.05) is 18.5 Å². The molecule has 3 rings (SSSR count). The van der Waals surface area contributed by atoms with Gasteiger partial charge in [0.1, 0.15) is 6.61 Å². The number of benzene rings is 2. The average molecular weight is 312 g/mol. The van der Waals surface area contributed by atoms with Crippen LogP contribution in [0, 0.1) is 0 Å². The molecule has 2 N–H and O–H groups in total. The third-order valence-electron chi connectivity index (χ3n) is 3.87. The quantitative estimate of drug-likeness (QED) is 0.861. The molecule has 1 fully saturated rings. The summed E-state index contributed by atoms with van der Waals surface area (Å²) < 4.78 is 4.92. The first-order chi connectivity index (χ1) is 11.2. The summed E-state index contributed by atoms with van der Waals surface area (Å²) in [7, 11) is 0. The molecule has 1 amide bonds. The van der Waals surface area contributed by atoms with Crippen molar-refractivity contribution in [1.29, 1.82) is 0 Å². The molecule has 2 aromatic carbocycles. The molecule has 0 radical (unpaired) electrons. The molecule has 1 heterocycles. The second-order valence-electron chi connectivity index (χ2n) is 5.56. The molecule has 2 aromatic rings. The number of nitrogens with zero attached hydrogens (tertiary/aromatic N) is 1. The minimum Gasteiger partial charge on any atom is -0.448 e. The Labute approximate surface area is 135 Å². The fraction of sp³-hybridized carbons (Fsp3) is 0.278. The number of hydrogen-bond donors (Lipinski definition) is 2. The topological polar surface area (TPSA) is 61.8 Å². The van der Waals surface area contributed by atoms with Crippen LogP contribution in [0.4, 0.5) is 10.5 Å². The van der Waals surface area contributed by atoms with Crippen molar-refractivity contribution >= 4 is 11.8 Å². The summed E-state index contributed by atoms with van der Waals surface area (Å²) in [5, 5.41) is 12.4. The Hall–Kier alpha value is -2.53. The normalized spacial score (nSPS) is 14.0. The Morgan fingerprint density at radius 2 is 1.65 bits per heavy atom. The van der Waals surface area contributed by atoms with Crippen molar-refractivity contribution in [1.82, 2.24) is 4.90 Å². The molecular weight excluding hydrogens is 292 g/mol. The van der Waals surface area contributed by atoms with Crippen LogP contribution in [0.5, 0.6) is 0 Å². The number of anilines is 1. The van der Waals surface area contributed by atoms with Crippen LogP contribution < -0.4 is 5.32 Å². The highest BCUT2D eigenvalue weighted by Crippen LogP contribution is 2.15. The highest BCUT2D eigenvalue weighted by Gasteiger charge is 2.21. The number of amides is 1. The predicted octanol–water partition coefficient (Wildman–Crippen LogP) is 2.74. The summed E-state index contributed by atoms with van der Waals surface area (Å²) in [6, 6.07) is 15.9. The third-order valence-corrected chi connectivity index (χ3v) is 3.87. The third kappa shape index (κ3) is 4.02.